The SMILES string of the molecule is CCc1ccc(NC(=O)[C@@H]2CC[C@H](CN)O2)cc1S(N)(=O)=O. The van der Waals surface area contributed by atoms with E-state index in [-0.39, 0.29) is 16.9 Å². The molecule has 8 heteroatoms. The van der Waals surface area contributed by atoms with E-state index in [1.54, 1.807) is 12.1 Å². The highest BCUT2D eigenvalue weighted by molar-refractivity contribution is 7.89. The first-order valence-electron chi connectivity index (χ1n) is 7.17. The number of sulfonamides is 1. The first-order chi connectivity index (χ1) is 10.3. The third-order valence-corrected chi connectivity index (χ3v) is 4.68. The number of amides is 1. The van der Waals surface area contributed by atoms with E-state index in [4.69, 9.17) is 15.6 Å². The molecule has 2 atom stereocenters. The van der Waals surface area contributed by atoms with Gasteiger partial charge in [0.1, 0.15) is 6.10 Å². The smallest absolute Gasteiger partial charge is 0.253 e. The molecule has 1 heterocycles. The number of nitrogens with one attached hydrogen (secondary N) is 1. The summed E-state index contributed by atoms with van der Waals surface area (Å²) < 4.78 is 28.7. The second-order valence-corrected chi connectivity index (χ2v) is 6.80. The van der Waals surface area contributed by atoms with Crippen molar-refractivity contribution in [2.45, 2.75) is 43.3 Å². The summed E-state index contributed by atoms with van der Waals surface area (Å²) in [7, 11) is -3.83. The van der Waals surface area contributed by atoms with Gasteiger partial charge >= 0.3 is 0 Å². The van der Waals surface area contributed by atoms with E-state index < -0.39 is 16.1 Å². The van der Waals surface area contributed by atoms with Crippen molar-refractivity contribution < 1.29 is 17.9 Å². The molecule has 1 aromatic carbocycles. The number of ether oxygens (including phenoxy) is 1. The van der Waals surface area contributed by atoms with Gasteiger partial charge in [0.15, 0.2) is 0 Å². The Bertz CT molecular complexity index is 660. The maximum absolute atomic E-state index is 12.1. The zero-order chi connectivity index (χ0) is 16.3. The first-order valence-corrected chi connectivity index (χ1v) is 8.72. The lowest BCUT2D eigenvalue weighted by atomic mass is 10.1. The second-order valence-electron chi connectivity index (χ2n) is 5.27. The Balaban J connectivity index is 2.15. The Morgan fingerprint density at radius 3 is 2.68 bits per heavy atom. The van der Waals surface area contributed by atoms with Crippen LogP contribution in [0.1, 0.15) is 25.3 Å². The van der Waals surface area contributed by atoms with Crippen molar-refractivity contribution in [2.75, 3.05) is 11.9 Å². The van der Waals surface area contributed by atoms with E-state index in [1.165, 1.54) is 6.07 Å². The van der Waals surface area contributed by atoms with Gasteiger partial charge in [-0.25, -0.2) is 13.6 Å². The van der Waals surface area contributed by atoms with E-state index in [9.17, 15) is 13.2 Å². The summed E-state index contributed by atoms with van der Waals surface area (Å²) >= 11 is 0. The quantitative estimate of drug-likeness (QED) is 0.719. The molecule has 122 valence electrons. The third-order valence-electron chi connectivity index (χ3n) is 3.68. The van der Waals surface area contributed by atoms with Crippen molar-refractivity contribution >= 4 is 21.6 Å². The molecular weight excluding hydrogens is 306 g/mol. The lowest BCUT2D eigenvalue weighted by molar-refractivity contribution is -0.126. The largest absolute Gasteiger partial charge is 0.364 e. The minimum absolute atomic E-state index is 0.0278. The normalized spacial score (nSPS) is 21.8. The minimum atomic E-state index is -3.83. The predicted octanol–water partition coefficient (Wildman–Crippen LogP) is 0.341. The summed E-state index contributed by atoms with van der Waals surface area (Å²) in [6.07, 6.45) is 1.22. The maximum Gasteiger partial charge on any atom is 0.253 e. The molecule has 1 amide bonds. The molecule has 0 aliphatic carbocycles. The standard InChI is InChI=1S/C14H21N3O4S/c1-2-9-3-4-10(7-13(9)22(16,19)20)17-14(18)12-6-5-11(8-15)21-12/h3-4,7,11-12H,2,5-6,8,15H2,1H3,(H,17,18)(H2,16,19,20)/t11-,12+/m1/s1. The molecule has 5 N–H and O–H groups in total. The van der Waals surface area contributed by atoms with Gasteiger partial charge in [-0.15, -0.1) is 0 Å². The Morgan fingerprint density at radius 2 is 2.14 bits per heavy atom. The fourth-order valence-corrected chi connectivity index (χ4v) is 3.35. The number of carbonyl (C=O) groups is 1. The Hall–Kier alpha value is -1.48. The number of anilines is 1. The molecule has 0 spiro atoms. The molecule has 0 unspecified atom stereocenters. The third kappa shape index (κ3) is 3.83. The molecule has 0 saturated carbocycles. The summed E-state index contributed by atoms with van der Waals surface area (Å²) in [5.74, 6) is -0.305. The highest BCUT2D eigenvalue weighted by Crippen LogP contribution is 2.23. The molecule has 1 aliphatic rings. The van der Waals surface area contributed by atoms with Crippen LogP contribution in [0.4, 0.5) is 5.69 Å². The number of hydrogen-bond donors (Lipinski definition) is 3. The summed E-state index contributed by atoms with van der Waals surface area (Å²) in [5, 5.41) is 7.88. The van der Waals surface area contributed by atoms with Crippen LogP contribution in [-0.2, 0) is 26.0 Å². The van der Waals surface area contributed by atoms with Crippen molar-refractivity contribution in [3.63, 3.8) is 0 Å². The fraction of sp³-hybridized carbons (Fsp3) is 0.500. The van der Waals surface area contributed by atoms with Gasteiger partial charge in [0.05, 0.1) is 11.0 Å². The molecule has 0 aromatic heterocycles. The minimum Gasteiger partial charge on any atom is -0.364 e. The van der Waals surface area contributed by atoms with Crippen LogP contribution in [0.3, 0.4) is 0 Å². The molecule has 1 saturated heterocycles. The van der Waals surface area contributed by atoms with Gasteiger partial charge in [-0.3, -0.25) is 4.79 Å². The number of benzene rings is 1. The number of nitrogens with two attached hydrogens (primary N) is 2. The highest BCUT2D eigenvalue weighted by atomic mass is 32.2. The average molecular weight is 327 g/mol. The van der Waals surface area contributed by atoms with E-state index in [0.29, 0.717) is 30.6 Å². The van der Waals surface area contributed by atoms with Gasteiger partial charge in [0.25, 0.3) is 5.91 Å². The number of carbonyl (C=O) groups excluding carboxylic acids is 1. The van der Waals surface area contributed by atoms with Crippen molar-refractivity contribution in [3.05, 3.63) is 23.8 Å². The summed E-state index contributed by atoms with van der Waals surface area (Å²) in [5.41, 5.74) is 6.50. The molecule has 2 rings (SSSR count). The summed E-state index contributed by atoms with van der Waals surface area (Å²) in [4.78, 5) is 12.2. The Morgan fingerprint density at radius 1 is 1.41 bits per heavy atom. The Labute approximate surface area is 130 Å². The maximum atomic E-state index is 12.1. The second kappa shape index (κ2) is 6.74. The van der Waals surface area contributed by atoms with Crippen LogP contribution in [0.25, 0.3) is 0 Å². The van der Waals surface area contributed by atoms with Crippen LogP contribution in [-0.4, -0.2) is 33.1 Å². The monoisotopic (exact) mass is 327 g/mol. The fourth-order valence-electron chi connectivity index (χ4n) is 2.48. The van der Waals surface area contributed by atoms with Gasteiger partial charge in [-0.1, -0.05) is 13.0 Å². The van der Waals surface area contributed by atoms with Crippen LogP contribution in [0, 0.1) is 0 Å². The van der Waals surface area contributed by atoms with Gasteiger partial charge in [0, 0.05) is 12.2 Å². The van der Waals surface area contributed by atoms with E-state index in [0.717, 1.165) is 6.42 Å². The average Bonchev–Trinajstić information content (AvgIpc) is 2.95. The number of primary sulfonamides is 1. The molecule has 1 aromatic rings. The van der Waals surface area contributed by atoms with Crippen molar-refractivity contribution in [1.82, 2.24) is 0 Å². The van der Waals surface area contributed by atoms with E-state index in [1.807, 2.05) is 6.92 Å². The number of rotatable bonds is 5. The molecule has 0 radical (unpaired) electrons. The molecular formula is C14H21N3O4S. The lowest BCUT2D eigenvalue weighted by Gasteiger charge is -2.14. The lowest BCUT2D eigenvalue weighted by Crippen LogP contribution is -2.30. The predicted molar refractivity (Wildman–Crippen MR) is 82.8 cm³/mol. The van der Waals surface area contributed by atoms with Crippen LogP contribution in [0.5, 0.6) is 0 Å². The van der Waals surface area contributed by atoms with Gasteiger partial charge in [0.2, 0.25) is 10.0 Å². The van der Waals surface area contributed by atoms with Crippen LogP contribution < -0.4 is 16.2 Å². The van der Waals surface area contributed by atoms with Gasteiger partial charge in [-0.05, 0) is 37.0 Å². The van der Waals surface area contributed by atoms with Crippen LogP contribution in [0.15, 0.2) is 23.1 Å². The summed E-state index contributed by atoms with van der Waals surface area (Å²) in [6, 6.07) is 4.68. The zero-order valence-electron chi connectivity index (χ0n) is 12.4. The van der Waals surface area contributed by atoms with E-state index >= 15 is 0 Å². The number of aryl methyl sites for hydroxylation is 1. The Kier molecular flexibility index (Phi) is 5.17. The van der Waals surface area contributed by atoms with Gasteiger partial charge in [-0.2, -0.15) is 0 Å². The van der Waals surface area contributed by atoms with Gasteiger partial charge < -0.3 is 15.8 Å². The molecule has 22 heavy (non-hydrogen) atoms. The zero-order valence-corrected chi connectivity index (χ0v) is 13.2. The van der Waals surface area contributed by atoms with Crippen molar-refractivity contribution in [2.24, 2.45) is 10.9 Å². The molecule has 0 bridgehead atoms. The van der Waals surface area contributed by atoms with Crippen molar-refractivity contribution in [1.29, 1.82) is 0 Å². The van der Waals surface area contributed by atoms with Crippen LogP contribution in [0.2, 0.25) is 0 Å². The van der Waals surface area contributed by atoms with Crippen molar-refractivity contribution in [3.8, 4) is 0 Å². The first kappa shape index (κ1) is 16.9. The highest BCUT2D eigenvalue weighted by Gasteiger charge is 2.30. The number of hydrogen-bond acceptors (Lipinski definition) is 5. The molecule has 7 nitrogen and oxygen atoms in total. The van der Waals surface area contributed by atoms with E-state index in [2.05, 4.69) is 5.32 Å². The molecule has 1 aliphatic heterocycles. The summed E-state index contributed by atoms with van der Waals surface area (Å²) in [6.45, 7) is 2.21. The molecule has 1 fully saturated rings. The van der Waals surface area contributed by atoms with Crippen LogP contribution >= 0.6 is 0 Å². The topological polar surface area (TPSA) is 125 Å².